The first-order chi connectivity index (χ1) is 16.6. The molecule has 0 aliphatic carbocycles. The number of nitrogens with one attached hydrogen (secondary N) is 2. The molecule has 0 fully saturated rings. The summed E-state index contributed by atoms with van der Waals surface area (Å²) in [5, 5.41) is 7.05. The maximum Gasteiger partial charge on any atom is 0.416 e. The first kappa shape index (κ1) is 24.6. The zero-order valence-electron chi connectivity index (χ0n) is 17.5. The van der Waals surface area contributed by atoms with Gasteiger partial charge in [-0.2, -0.15) is 13.2 Å². The lowest BCUT2D eigenvalue weighted by Crippen LogP contribution is -2.18. The molecule has 5 nitrogen and oxygen atoms in total. The lowest BCUT2D eigenvalue weighted by Gasteiger charge is -2.12. The highest BCUT2D eigenvalue weighted by Crippen LogP contribution is 2.30. The summed E-state index contributed by atoms with van der Waals surface area (Å²) in [4.78, 5) is 29.8. The van der Waals surface area contributed by atoms with Crippen molar-refractivity contribution in [2.75, 3.05) is 10.6 Å². The second-order valence-electron chi connectivity index (χ2n) is 7.22. The zero-order valence-corrected chi connectivity index (χ0v) is 19.9. The van der Waals surface area contributed by atoms with E-state index < -0.39 is 29.4 Å². The zero-order chi connectivity index (χ0) is 25.2. The third-order valence-corrected chi connectivity index (χ3v) is 6.10. The molecule has 0 radical (unpaired) electrons. The third kappa shape index (κ3) is 5.92. The molecule has 2 amide bonds. The van der Waals surface area contributed by atoms with Gasteiger partial charge in [-0.05, 0) is 54.6 Å². The van der Waals surface area contributed by atoms with Gasteiger partial charge in [0.15, 0.2) is 5.13 Å². The lowest BCUT2D eigenvalue weighted by atomic mass is 10.1. The molecule has 0 unspecified atom stereocenters. The van der Waals surface area contributed by atoms with Crippen LogP contribution in [0, 0.1) is 5.82 Å². The Labute approximate surface area is 209 Å². The van der Waals surface area contributed by atoms with Crippen molar-refractivity contribution in [1.29, 1.82) is 0 Å². The molecule has 0 aliphatic heterocycles. The van der Waals surface area contributed by atoms with Crippen LogP contribution in [0.5, 0.6) is 0 Å². The fourth-order valence-electron chi connectivity index (χ4n) is 3.07. The largest absolute Gasteiger partial charge is 0.416 e. The molecule has 2 N–H and O–H groups in total. The molecule has 0 saturated heterocycles. The summed E-state index contributed by atoms with van der Waals surface area (Å²) in [6, 6.07) is 14.2. The van der Waals surface area contributed by atoms with Gasteiger partial charge in [0, 0.05) is 21.0 Å². The number of carbonyl (C=O) groups is 2. The van der Waals surface area contributed by atoms with Crippen LogP contribution in [0.3, 0.4) is 0 Å². The number of hydrogen-bond donors (Lipinski definition) is 2. The number of carbonyl (C=O) groups excluding carboxylic acids is 2. The molecule has 0 saturated carbocycles. The van der Waals surface area contributed by atoms with E-state index in [4.69, 9.17) is 0 Å². The van der Waals surface area contributed by atoms with Crippen molar-refractivity contribution < 1.29 is 27.2 Å². The standard InChI is InChI=1S/C24H14BrF4N3O2S/c25-16-7-3-13(4-8-16)20-12-35-23(31-20)32-22(34)18-10-9-17(26)11-19(18)30-21(33)14-1-5-15(6-2-14)24(27,28)29/h1-12H,(H,30,33)(H,31,32,34). The summed E-state index contributed by atoms with van der Waals surface area (Å²) >= 11 is 4.55. The van der Waals surface area contributed by atoms with Gasteiger partial charge in [-0.15, -0.1) is 11.3 Å². The smallest absolute Gasteiger partial charge is 0.321 e. The van der Waals surface area contributed by atoms with Gasteiger partial charge in [-0.25, -0.2) is 9.37 Å². The number of halogens is 5. The Hall–Kier alpha value is -3.57. The Kier molecular flexibility index (Phi) is 6.99. The molecule has 1 heterocycles. The highest BCUT2D eigenvalue weighted by atomic mass is 79.9. The van der Waals surface area contributed by atoms with Gasteiger partial charge in [0.2, 0.25) is 0 Å². The number of aromatic nitrogens is 1. The molecule has 0 atom stereocenters. The van der Waals surface area contributed by atoms with Crippen LogP contribution in [0.15, 0.2) is 76.6 Å². The predicted octanol–water partition coefficient (Wildman–Crippen LogP) is 7.24. The van der Waals surface area contributed by atoms with E-state index >= 15 is 0 Å². The summed E-state index contributed by atoms with van der Waals surface area (Å²) in [6.45, 7) is 0. The third-order valence-electron chi connectivity index (χ3n) is 4.81. The molecule has 4 rings (SSSR count). The van der Waals surface area contributed by atoms with E-state index in [0.29, 0.717) is 5.69 Å². The van der Waals surface area contributed by atoms with Crippen molar-refractivity contribution in [2.45, 2.75) is 6.18 Å². The predicted molar refractivity (Wildman–Crippen MR) is 129 cm³/mol. The summed E-state index contributed by atoms with van der Waals surface area (Å²) in [5.74, 6) is -2.16. The highest BCUT2D eigenvalue weighted by molar-refractivity contribution is 9.10. The minimum Gasteiger partial charge on any atom is -0.321 e. The molecule has 0 aliphatic rings. The van der Waals surface area contributed by atoms with E-state index in [9.17, 15) is 27.2 Å². The van der Waals surface area contributed by atoms with Crippen LogP contribution in [-0.2, 0) is 6.18 Å². The molecule has 178 valence electrons. The number of thiazole rings is 1. The fraction of sp³-hybridized carbons (Fsp3) is 0.0417. The Morgan fingerprint density at radius 2 is 1.57 bits per heavy atom. The monoisotopic (exact) mass is 563 g/mol. The second-order valence-corrected chi connectivity index (χ2v) is 8.99. The molecular formula is C24H14BrF4N3O2S. The van der Waals surface area contributed by atoms with Crippen molar-refractivity contribution in [3.63, 3.8) is 0 Å². The molecule has 4 aromatic rings. The number of rotatable bonds is 5. The molecular weight excluding hydrogens is 550 g/mol. The van der Waals surface area contributed by atoms with Crippen molar-refractivity contribution in [3.05, 3.63) is 99.1 Å². The molecule has 35 heavy (non-hydrogen) atoms. The summed E-state index contributed by atoms with van der Waals surface area (Å²) in [7, 11) is 0. The first-order valence-electron chi connectivity index (χ1n) is 9.91. The van der Waals surface area contributed by atoms with E-state index in [1.807, 2.05) is 24.3 Å². The molecule has 1 aromatic heterocycles. The number of alkyl halides is 3. The van der Waals surface area contributed by atoms with Gasteiger partial charge >= 0.3 is 6.18 Å². The summed E-state index contributed by atoms with van der Waals surface area (Å²) in [5.41, 5.74) is 0.298. The van der Waals surface area contributed by atoms with Gasteiger partial charge in [-0.3, -0.25) is 14.9 Å². The van der Waals surface area contributed by atoms with Gasteiger partial charge < -0.3 is 5.32 Å². The van der Waals surface area contributed by atoms with Gasteiger partial charge in [-0.1, -0.05) is 28.1 Å². The molecule has 0 bridgehead atoms. The summed E-state index contributed by atoms with van der Waals surface area (Å²) in [6.07, 6.45) is -4.55. The Morgan fingerprint density at radius 3 is 2.23 bits per heavy atom. The maximum atomic E-state index is 13.9. The van der Waals surface area contributed by atoms with E-state index in [2.05, 4.69) is 31.5 Å². The second kappa shape index (κ2) is 9.96. The van der Waals surface area contributed by atoms with Crippen LogP contribution in [0.2, 0.25) is 0 Å². The fourth-order valence-corrected chi connectivity index (χ4v) is 4.05. The molecule has 11 heteroatoms. The lowest BCUT2D eigenvalue weighted by molar-refractivity contribution is -0.137. The van der Waals surface area contributed by atoms with Crippen LogP contribution in [0.1, 0.15) is 26.3 Å². The number of anilines is 2. The average molecular weight is 564 g/mol. The van der Waals surface area contributed by atoms with E-state index in [-0.39, 0.29) is 21.9 Å². The average Bonchev–Trinajstić information content (AvgIpc) is 3.27. The first-order valence-corrected chi connectivity index (χ1v) is 11.6. The summed E-state index contributed by atoms with van der Waals surface area (Å²) < 4.78 is 53.0. The van der Waals surface area contributed by atoms with Gasteiger partial charge in [0.1, 0.15) is 5.82 Å². The van der Waals surface area contributed by atoms with Crippen LogP contribution in [-0.4, -0.2) is 16.8 Å². The van der Waals surface area contributed by atoms with Gasteiger partial charge in [0.05, 0.1) is 22.5 Å². The molecule has 3 aromatic carbocycles. The quantitative estimate of drug-likeness (QED) is 0.251. The topological polar surface area (TPSA) is 71.1 Å². The normalized spacial score (nSPS) is 11.2. The minimum absolute atomic E-state index is 0.0490. The van der Waals surface area contributed by atoms with Crippen LogP contribution in [0.4, 0.5) is 28.4 Å². The highest BCUT2D eigenvalue weighted by Gasteiger charge is 2.30. The van der Waals surface area contributed by atoms with Crippen molar-refractivity contribution in [3.8, 4) is 11.3 Å². The number of nitrogens with zero attached hydrogens (tertiary/aromatic N) is 1. The number of benzene rings is 3. The SMILES string of the molecule is O=C(Nc1cc(F)ccc1C(=O)Nc1nc(-c2ccc(Br)cc2)cs1)c1ccc(C(F)(F)F)cc1. The number of hydrogen-bond acceptors (Lipinski definition) is 4. The maximum absolute atomic E-state index is 13.9. The van der Waals surface area contributed by atoms with E-state index in [0.717, 1.165) is 46.4 Å². The van der Waals surface area contributed by atoms with E-state index in [1.54, 1.807) is 5.38 Å². The van der Waals surface area contributed by atoms with Crippen LogP contribution < -0.4 is 10.6 Å². The van der Waals surface area contributed by atoms with E-state index in [1.165, 1.54) is 17.4 Å². The minimum atomic E-state index is -4.55. The van der Waals surface area contributed by atoms with Crippen molar-refractivity contribution in [1.82, 2.24) is 4.98 Å². The Bertz CT molecular complexity index is 1390. The van der Waals surface area contributed by atoms with Crippen LogP contribution >= 0.6 is 27.3 Å². The Morgan fingerprint density at radius 1 is 0.886 bits per heavy atom. The molecule has 0 spiro atoms. The van der Waals surface area contributed by atoms with Crippen LogP contribution in [0.25, 0.3) is 11.3 Å². The number of amides is 2. The van der Waals surface area contributed by atoms with Crippen molar-refractivity contribution >= 4 is 49.9 Å². The Balaban J connectivity index is 1.52. The van der Waals surface area contributed by atoms with Gasteiger partial charge in [0.25, 0.3) is 11.8 Å². The van der Waals surface area contributed by atoms with Crippen molar-refractivity contribution in [2.24, 2.45) is 0 Å².